The maximum atomic E-state index is 12.9. The zero-order valence-corrected chi connectivity index (χ0v) is 14.2. The van der Waals surface area contributed by atoms with Crippen LogP contribution in [0, 0.1) is 5.82 Å². The lowest BCUT2D eigenvalue weighted by Crippen LogP contribution is -2.49. The van der Waals surface area contributed by atoms with E-state index in [1.165, 1.54) is 12.1 Å². The molecule has 23 heavy (non-hydrogen) atoms. The third kappa shape index (κ3) is 4.90. The number of amides is 1. The van der Waals surface area contributed by atoms with Crippen LogP contribution in [0.5, 0.6) is 0 Å². The highest BCUT2D eigenvalue weighted by Crippen LogP contribution is 2.17. The van der Waals surface area contributed by atoms with Gasteiger partial charge in [-0.3, -0.25) is 9.69 Å². The monoisotopic (exact) mass is 341 g/mol. The standard InChI is InChI=1S/C17H24FN3O.ClH/c18-15-4-1-14(2-5-15)3-6-17(22)21-10-7-16(13-21)20-11-8-19-9-12-20;/h1-2,4-5,16,19H,3,6-13H2;1H. The smallest absolute Gasteiger partial charge is 0.222 e. The van der Waals surface area contributed by atoms with Gasteiger partial charge in [-0.15, -0.1) is 12.4 Å². The summed E-state index contributed by atoms with van der Waals surface area (Å²) in [6.45, 7) is 6.01. The van der Waals surface area contributed by atoms with E-state index in [4.69, 9.17) is 0 Å². The number of rotatable bonds is 4. The number of hydrogen-bond acceptors (Lipinski definition) is 3. The van der Waals surface area contributed by atoms with Gasteiger partial charge in [-0.25, -0.2) is 4.39 Å². The summed E-state index contributed by atoms with van der Waals surface area (Å²) in [5.41, 5.74) is 1.02. The fraction of sp³-hybridized carbons (Fsp3) is 0.588. The Hall–Kier alpha value is -1.17. The molecule has 4 nitrogen and oxygen atoms in total. The molecule has 3 rings (SSSR count). The number of halogens is 2. The fourth-order valence-electron chi connectivity index (χ4n) is 3.37. The lowest BCUT2D eigenvalue weighted by Gasteiger charge is -2.32. The summed E-state index contributed by atoms with van der Waals surface area (Å²) >= 11 is 0. The first kappa shape index (κ1) is 18.2. The molecule has 0 bridgehead atoms. The van der Waals surface area contributed by atoms with Crippen LogP contribution in [0.3, 0.4) is 0 Å². The van der Waals surface area contributed by atoms with Gasteiger partial charge in [-0.05, 0) is 30.5 Å². The molecule has 2 heterocycles. The largest absolute Gasteiger partial charge is 0.341 e. The van der Waals surface area contributed by atoms with Crippen molar-refractivity contribution in [2.24, 2.45) is 0 Å². The Balaban J connectivity index is 0.00000192. The van der Waals surface area contributed by atoms with Crippen molar-refractivity contribution in [3.63, 3.8) is 0 Å². The van der Waals surface area contributed by atoms with E-state index in [2.05, 4.69) is 10.2 Å². The van der Waals surface area contributed by atoms with E-state index in [1.54, 1.807) is 12.1 Å². The summed E-state index contributed by atoms with van der Waals surface area (Å²) in [6.07, 6.45) is 2.29. The molecule has 6 heteroatoms. The quantitative estimate of drug-likeness (QED) is 0.905. The summed E-state index contributed by atoms with van der Waals surface area (Å²) in [4.78, 5) is 16.8. The topological polar surface area (TPSA) is 35.6 Å². The number of aryl methyl sites for hydroxylation is 1. The van der Waals surface area contributed by atoms with Gasteiger partial charge in [-0.1, -0.05) is 12.1 Å². The van der Waals surface area contributed by atoms with Gasteiger partial charge in [0.05, 0.1) is 0 Å². The Labute approximate surface area is 143 Å². The van der Waals surface area contributed by atoms with Gasteiger partial charge in [0.15, 0.2) is 0 Å². The van der Waals surface area contributed by atoms with Crippen molar-refractivity contribution in [3.05, 3.63) is 35.6 Å². The first-order valence-corrected chi connectivity index (χ1v) is 8.19. The van der Waals surface area contributed by atoms with Crippen molar-refractivity contribution in [1.29, 1.82) is 0 Å². The zero-order valence-electron chi connectivity index (χ0n) is 13.3. The van der Waals surface area contributed by atoms with Crippen LogP contribution in [0.15, 0.2) is 24.3 Å². The third-order valence-electron chi connectivity index (χ3n) is 4.72. The van der Waals surface area contributed by atoms with E-state index in [0.29, 0.717) is 18.9 Å². The number of carbonyl (C=O) groups excluding carboxylic acids is 1. The molecule has 2 fully saturated rings. The van der Waals surface area contributed by atoms with Gasteiger partial charge in [0.1, 0.15) is 5.82 Å². The van der Waals surface area contributed by atoms with Gasteiger partial charge in [0.25, 0.3) is 0 Å². The minimum absolute atomic E-state index is 0. The van der Waals surface area contributed by atoms with E-state index < -0.39 is 0 Å². The van der Waals surface area contributed by atoms with Crippen molar-refractivity contribution in [1.82, 2.24) is 15.1 Å². The molecule has 2 aliphatic rings. The van der Waals surface area contributed by atoms with Crippen LogP contribution in [0.25, 0.3) is 0 Å². The molecule has 1 atom stereocenters. The first-order valence-electron chi connectivity index (χ1n) is 8.19. The molecular formula is C17H25ClFN3O. The molecule has 1 aromatic carbocycles. The number of benzene rings is 1. The summed E-state index contributed by atoms with van der Waals surface area (Å²) in [5.74, 6) is -0.00422. The molecule has 0 aliphatic carbocycles. The molecule has 1 amide bonds. The van der Waals surface area contributed by atoms with Gasteiger partial charge < -0.3 is 10.2 Å². The van der Waals surface area contributed by atoms with Gasteiger partial charge in [0, 0.05) is 51.7 Å². The second-order valence-electron chi connectivity index (χ2n) is 6.19. The highest BCUT2D eigenvalue weighted by Gasteiger charge is 2.30. The fourth-order valence-corrected chi connectivity index (χ4v) is 3.37. The minimum Gasteiger partial charge on any atom is -0.341 e. The van der Waals surface area contributed by atoms with Crippen molar-refractivity contribution >= 4 is 18.3 Å². The van der Waals surface area contributed by atoms with E-state index in [0.717, 1.165) is 51.3 Å². The molecule has 0 radical (unpaired) electrons. The van der Waals surface area contributed by atoms with Crippen LogP contribution in [-0.2, 0) is 11.2 Å². The maximum Gasteiger partial charge on any atom is 0.222 e. The molecule has 2 aliphatic heterocycles. The average Bonchev–Trinajstić information content (AvgIpc) is 3.05. The second-order valence-corrected chi connectivity index (χ2v) is 6.19. The Morgan fingerprint density at radius 1 is 1.17 bits per heavy atom. The van der Waals surface area contributed by atoms with Gasteiger partial charge in [-0.2, -0.15) is 0 Å². The predicted molar refractivity (Wildman–Crippen MR) is 91.4 cm³/mol. The average molecular weight is 342 g/mol. The third-order valence-corrected chi connectivity index (χ3v) is 4.72. The normalized spacial score (nSPS) is 22.0. The minimum atomic E-state index is -0.228. The number of hydrogen-bond donors (Lipinski definition) is 1. The van der Waals surface area contributed by atoms with Crippen LogP contribution >= 0.6 is 12.4 Å². The molecule has 0 spiro atoms. The summed E-state index contributed by atoms with van der Waals surface area (Å²) in [5, 5.41) is 3.37. The van der Waals surface area contributed by atoms with E-state index in [9.17, 15) is 9.18 Å². The van der Waals surface area contributed by atoms with Crippen LogP contribution < -0.4 is 5.32 Å². The number of likely N-dealkylation sites (tertiary alicyclic amines) is 1. The highest BCUT2D eigenvalue weighted by atomic mass is 35.5. The lowest BCUT2D eigenvalue weighted by atomic mass is 10.1. The number of carbonyl (C=O) groups is 1. The van der Waals surface area contributed by atoms with Gasteiger partial charge in [0.2, 0.25) is 5.91 Å². The highest BCUT2D eigenvalue weighted by molar-refractivity contribution is 5.85. The van der Waals surface area contributed by atoms with Crippen molar-refractivity contribution < 1.29 is 9.18 Å². The van der Waals surface area contributed by atoms with Crippen LogP contribution in [0.1, 0.15) is 18.4 Å². The lowest BCUT2D eigenvalue weighted by molar-refractivity contribution is -0.130. The van der Waals surface area contributed by atoms with E-state index >= 15 is 0 Å². The molecule has 1 unspecified atom stereocenters. The Bertz CT molecular complexity index is 505. The maximum absolute atomic E-state index is 12.9. The molecular weight excluding hydrogens is 317 g/mol. The Morgan fingerprint density at radius 2 is 1.87 bits per heavy atom. The summed E-state index contributed by atoms with van der Waals surface area (Å²) in [6, 6.07) is 6.95. The van der Waals surface area contributed by atoms with Crippen LogP contribution in [0.4, 0.5) is 4.39 Å². The molecule has 2 saturated heterocycles. The number of nitrogens with zero attached hydrogens (tertiary/aromatic N) is 2. The van der Waals surface area contributed by atoms with E-state index in [-0.39, 0.29) is 24.1 Å². The van der Waals surface area contributed by atoms with Crippen LogP contribution in [-0.4, -0.2) is 61.0 Å². The Kier molecular flexibility index (Phi) is 6.81. The summed E-state index contributed by atoms with van der Waals surface area (Å²) in [7, 11) is 0. The molecule has 1 N–H and O–H groups in total. The number of nitrogens with one attached hydrogen (secondary N) is 1. The summed E-state index contributed by atoms with van der Waals surface area (Å²) < 4.78 is 12.9. The van der Waals surface area contributed by atoms with Gasteiger partial charge >= 0.3 is 0 Å². The van der Waals surface area contributed by atoms with Crippen molar-refractivity contribution in [3.8, 4) is 0 Å². The first-order chi connectivity index (χ1) is 10.7. The second kappa shape index (κ2) is 8.62. The number of piperazine rings is 1. The predicted octanol–water partition coefficient (Wildman–Crippen LogP) is 1.69. The van der Waals surface area contributed by atoms with Crippen LogP contribution in [0.2, 0.25) is 0 Å². The van der Waals surface area contributed by atoms with Crippen molar-refractivity contribution in [2.45, 2.75) is 25.3 Å². The Morgan fingerprint density at radius 3 is 2.57 bits per heavy atom. The zero-order chi connectivity index (χ0) is 15.4. The molecule has 0 saturated carbocycles. The van der Waals surface area contributed by atoms with Crippen molar-refractivity contribution in [2.75, 3.05) is 39.3 Å². The van der Waals surface area contributed by atoms with E-state index in [1.807, 2.05) is 4.90 Å². The molecule has 1 aromatic rings. The molecule has 128 valence electrons. The molecule has 0 aromatic heterocycles. The SMILES string of the molecule is Cl.O=C(CCc1ccc(F)cc1)N1CCC(N2CCNCC2)C1.